The van der Waals surface area contributed by atoms with E-state index in [4.69, 9.17) is 11.6 Å². The molecule has 2 N–H and O–H groups in total. The van der Waals surface area contributed by atoms with Crippen LogP contribution in [0.2, 0.25) is 5.02 Å². The van der Waals surface area contributed by atoms with Gasteiger partial charge in [-0.05, 0) is 30.3 Å². The first-order chi connectivity index (χ1) is 13.0. The first kappa shape index (κ1) is 18.5. The van der Waals surface area contributed by atoms with Crippen molar-refractivity contribution < 1.29 is 4.39 Å². The number of rotatable bonds is 6. The highest BCUT2D eigenvalue weighted by Gasteiger charge is 2.08. The van der Waals surface area contributed by atoms with Gasteiger partial charge in [-0.2, -0.15) is 20.1 Å². The van der Waals surface area contributed by atoms with Gasteiger partial charge in [0.2, 0.25) is 17.8 Å². The predicted octanol–water partition coefficient (Wildman–Crippen LogP) is 3.92. The fourth-order valence-corrected chi connectivity index (χ4v) is 2.26. The molecule has 3 aromatic rings. The molecule has 3 rings (SSSR count). The van der Waals surface area contributed by atoms with E-state index in [1.807, 2.05) is 32.3 Å². The predicted molar refractivity (Wildman–Crippen MR) is 107 cm³/mol. The number of aromatic nitrogens is 3. The van der Waals surface area contributed by atoms with Gasteiger partial charge in [0.05, 0.1) is 6.21 Å². The lowest BCUT2D eigenvalue weighted by molar-refractivity contribution is 0.628. The van der Waals surface area contributed by atoms with Crippen LogP contribution in [0.3, 0.4) is 0 Å². The van der Waals surface area contributed by atoms with Crippen molar-refractivity contribution in [3.63, 3.8) is 0 Å². The molecule has 0 unspecified atom stereocenters. The van der Waals surface area contributed by atoms with Crippen LogP contribution < -0.4 is 15.6 Å². The van der Waals surface area contributed by atoms with Crippen molar-refractivity contribution in [1.29, 1.82) is 0 Å². The number of nitrogens with zero attached hydrogens (tertiary/aromatic N) is 5. The van der Waals surface area contributed by atoms with Gasteiger partial charge in [0.25, 0.3) is 0 Å². The second kappa shape index (κ2) is 8.41. The number of benzene rings is 2. The Morgan fingerprint density at radius 2 is 1.70 bits per heavy atom. The zero-order valence-corrected chi connectivity index (χ0v) is 15.4. The van der Waals surface area contributed by atoms with Gasteiger partial charge in [0.1, 0.15) is 5.82 Å². The van der Waals surface area contributed by atoms with E-state index in [9.17, 15) is 4.39 Å². The van der Waals surface area contributed by atoms with Crippen LogP contribution in [0.4, 0.5) is 27.9 Å². The minimum absolute atomic E-state index is 0.251. The summed E-state index contributed by atoms with van der Waals surface area (Å²) in [6.45, 7) is 0. The Hall–Kier alpha value is -3.26. The molecule has 0 bridgehead atoms. The van der Waals surface area contributed by atoms with E-state index in [0.717, 1.165) is 5.56 Å². The zero-order valence-electron chi connectivity index (χ0n) is 14.7. The molecule has 0 spiro atoms. The van der Waals surface area contributed by atoms with Crippen LogP contribution >= 0.6 is 11.6 Å². The fourth-order valence-electron chi connectivity index (χ4n) is 2.07. The number of hydrazone groups is 1. The van der Waals surface area contributed by atoms with Crippen LogP contribution in [0.1, 0.15) is 5.56 Å². The van der Waals surface area contributed by atoms with Crippen molar-refractivity contribution >= 4 is 41.3 Å². The SMILES string of the molecule is CN(C)c1nc(N/N=C/c2ccccc2Cl)nc(Nc2ccc(F)cc2)n1. The summed E-state index contributed by atoms with van der Waals surface area (Å²) in [5.74, 6) is 0.670. The second-order valence-electron chi connectivity index (χ2n) is 5.70. The van der Waals surface area contributed by atoms with E-state index in [2.05, 4.69) is 30.8 Å². The van der Waals surface area contributed by atoms with Crippen molar-refractivity contribution in [3.05, 3.63) is 64.9 Å². The smallest absolute Gasteiger partial charge is 0.250 e. The van der Waals surface area contributed by atoms with Crippen LogP contribution in [-0.4, -0.2) is 35.3 Å². The maximum atomic E-state index is 13.1. The first-order valence-corrected chi connectivity index (χ1v) is 8.38. The Morgan fingerprint density at radius 1 is 1.00 bits per heavy atom. The summed E-state index contributed by atoms with van der Waals surface area (Å²) in [5.41, 5.74) is 4.19. The lowest BCUT2D eigenvalue weighted by atomic mass is 10.2. The van der Waals surface area contributed by atoms with Crippen LogP contribution in [0, 0.1) is 5.82 Å². The molecule has 0 fully saturated rings. The van der Waals surface area contributed by atoms with Crippen molar-refractivity contribution in [2.45, 2.75) is 0 Å². The molecule has 2 aromatic carbocycles. The Morgan fingerprint density at radius 3 is 2.41 bits per heavy atom. The van der Waals surface area contributed by atoms with Crippen LogP contribution in [0.25, 0.3) is 0 Å². The molecule has 0 radical (unpaired) electrons. The summed E-state index contributed by atoms with van der Waals surface area (Å²) in [6, 6.07) is 13.2. The average molecular weight is 386 g/mol. The van der Waals surface area contributed by atoms with Crippen LogP contribution in [0.15, 0.2) is 53.6 Å². The quantitative estimate of drug-likeness (QED) is 0.494. The topological polar surface area (TPSA) is 78.3 Å². The van der Waals surface area contributed by atoms with E-state index in [1.165, 1.54) is 12.1 Å². The highest BCUT2D eigenvalue weighted by molar-refractivity contribution is 6.33. The summed E-state index contributed by atoms with van der Waals surface area (Å²) in [4.78, 5) is 14.6. The Balaban J connectivity index is 1.80. The minimum Gasteiger partial charge on any atom is -0.347 e. The summed E-state index contributed by atoms with van der Waals surface area (Å²) >= 11 is 6.10. The molecule has 0 aliphatic rings. The second-order valence-corrected chi connectivity index (χ2v) is 6.11. The van der Waals surface area contributed by atoms with Gasteiger partial charge < -0.3 is 10.2 Å². The molecule has 0 aliphatic carbocycles. The maximum Gasteiger partial charge on any atom is 0.250 e. The highest BCUT2D eigenvalue weighted by atomic mass is 35.5. The third-order valence-corrected chi connectivity index (χ3v) is 3.74. The molecule has 138 valence electrons. The van der Waals surface area contributed by atoms with E-state index in [0.29, 0.717) is 22.6 Å². The number of anilines is 4. The highest BCUT2D eigenvalue weighted by Crippen LogP contribution is 2.17. The molecule has 7 nitrogen and oxygen atoms in total. The molecule has 9 heteroatoms. The summed E-state index contributed by atoms with van der Waals surface area (Å²) < 4.78 is 13.1. The first-order valence-electron chi connectivity index (χ1n) is 8.01. The molecule has 0 saturated carbocycles. The number of hydrogen-bond donors (Lipinski definition) is 2. The average Bonchev–Trinajstić information content (AvgIpc) is 2.65. The summed E-state index contributed by atoms with van der Waals surface area (Å²) in [6.07, 6.45) is 1.58. The standard InChI is InChI=1S/C18H17ClFN7/c1-27(2)18-24-16(22-14-9-7-13(20)8-10-14)23-17(25-18)26-21-11-12-5-3-4-6-15(12)19/h3-11H,1-2H3,(H2,22,23,24,25,26)/b21-11+. The van der Waals surface area contributed by atoms with Gasteiger partial charge in [0.15, 0.2) is 0 Å². The Labute approximate surface area is 160 Å². The third-order valence-electron chi connectivity index (χ3n) is 3.40. The van der Waals surface area contributed by atoms with Crippen LogP contribution in [0.5, 0.6) is 0 Å². The summed E-state index contributed by atoms with van der Waals surface area (Å²) in [5, 5.41) is 7.73. The fraction of sp³-hybridized carbons (Fsp3) is 0.111. The van der Waals surface area contributed by atoms with Crippen LogP contribution in [-0.2, 0) is 0 Å². The van der Waals surface area contributed by atoms with E-state index in [1.54, 1.807) is 29.3 Å². The monoisotopic (exact) mass is 385 g/mol. The van der Waals surface area contributed by atoms with Gasteiger partial charge >= 0.3 is 0 Å². The molecule has 0 amide bonds. The molecule has 1 aromatic heterocycles. The largest absolute Gasteiger partial charge is 0.347 e. The van der Waals surface area contributed by atoms with Gasteiger partial charge in [-0.25, -0.2) is 9.82 Å². The molecular formula is C18H17ClFN7. The molecule has 0 atom stereocenters. The van der Waals surface area contributed by atoms with Gasteiger partial charge in [-0.3, -0.25) is 0 Å². The zero-order chi connectivity index (χ0) is 19.2. The van der Waals surface area contributed by atoms with E-state index < -0.39 is 0 Å². The molecule has 0 saturated heterocycles. The maximum absolute atomic E-state index is 13.1. The Kier molecular flexibility index (Phi) is 5.77. The lowest BCUT2D eigenvalue weighted by Gasteiger charge is -2.13. The Bertz CT molecular complexity index is 945. The van der Waals surface area contributed by atoms with Crippen molar-refractivity contribution in [2.75, 3.05) is 29.7 Å². The van der Waals surface area contributed by atoms with Gasteiger partial charge in [-0.15, -0.1) is 0 Å². The number of halogens is 2. The third kappa shape index (κ3) is 5.11. The van der Waals surface area contributed by atoms with Gasteiger partial charge in [0, 0.05) is 30.4 Å². The molecule has 1 heterocycles. The molecular weight excluding hydrogens is 369 g/mol. The lowest BCUT2D eigenvalue weighted by Crippen LogP contribution is -2.15. The number of nitrogens with one attached hydrogen (secondary N) is 2. The van der Waals surface area contributed by atoms with Crippen molar-refractivity contribution in [3.8, 4) is 0 Å². The van der Waals surface area contributed by atoms with E-state index >= 15 is 0 Å². The summed E-state index contributed by atoms with van der Waals surface area (Å²) in [7, 11) is 3.63. The van der Waals surface area contributed by atoms with E-state index in [-0.39, 0.29) is 11.8 Å². The minimum atomic E-state index is -0.318. The van der Waals surface area contributed by atoms with Crippen molar-refractivity contribution in [1.82, 2.24) is 15.0 Å². The normalized spacial score (nSPS) is 10.8. The van der Waals surface area contributed by atoms with Crippen molar-refractivity contribution in [2.24, 2.45) is 5.10 Å². The number of hydrogen-bond acceptors (Lipinski definition) is 7. The molecule has 27 heavy (non-hydrogen) atoms. The van der Waals surface area contributed by atoms with Gasteiger partial charge in [-0.1, -0.05) is 29.8 Å². The molecule has 0 aliphatic heterocycles.